The van der Waals surface area contributed by atoms with E-state index in [2.05, 4.69) is 21.7 Å². The van der Waals surface area contributed by atoms with Crippen LogP contribution in [0.2, 0.25) is 0 Å². The van der Waals surface area contributed by atoms with E-state index >= 15 is 0 Å². The van der Waals surface area contributed by atoms with E-state index in [9.17, 15) is 4.79 Å². The maximum atomic E-state index is 12.2. The molecule has 0 aliphatic carbocycles. The third-order valence-corrected chi connectivity index (χ3v) is 4.34. The zero-order valence-corrected chi connectivity index (χ0v) is 14.3. The molecule has 124 valence electrons. The van der Waals surface area contributed by atoms with Crippen molar-refractivity contribution in [1.82, 2.24) is 19.8 Å². The fraction of sp³-hybridized carbons (Fsp3) is 0.556. The van der Waals surface area contributed by atoms with Gasteiger partial charge in [0.25, 0.3) is 5.91 Å². The van der Waals surface area contributed by atoms with E-state index in [-0.39, 0.29) is 11.9 Å². The van der Waals surface area contributed by atoms with Gasteiger partial charge in [-0.15, -0.1) is 0 Å². The number of rotatable bonds is 5. The van der Waals surface area contributed by atoms with Crippen LogP contribution < -0.4 is 5.32 Å². The van der Waals surface area contributed by atoms with Crippen LogP contribution in [0.4, 0.5) is 0 Å². The van der Waals surface area contributed by atoms with Crippen LogP contribution in [0.5, 0.6) is 0 Å². The molecule has 0 fully saturated rings. The Morgan fingerprint density at radius 3 is 2.91 bits per heavy atom. The molecule has 0 spiro atoms. The number of nitrogens with zero attached hydrogens (tertiary/aromatic N) is 3. The number of benzene rings is 1. The first-order valence-corrected chi connectivity index (χ1v) is 8.61. The molecule has 0 unspecified atom stereocenters. The molecule has 0 saturated carbocycles. The average Bonchev–Trinajstić information content (AvgIpc) is 2.88. The summed E-state index contributed by atoms with van der Waals surface area (Å²) in [5.74, 6) is 1.08. The minimum atomic E-state index is -0.0301. The van der Waals surface area contributed by atoms with E-state index in [0.29, 0.717) is 5.56 Å². The molecule has 1 aromatic carbocycles. The summed E-state index contributed by atoms with van der Waals surface area (Å²) in [7, 11) is 0. The minimum absolute atomic E-state index is 0.0301. The maximum Gasteiger partial charge on any atom is 0.251 e. The lowest BCUT2D eigenvalue weighted by molar-refractivity contribution is 0.0943. The standard InChI is InChI=1S/C18H26N4O/c1-4-5-8-21-9-10-22-16-7-6-14(18(23)19-13(2)3)11-15(16)20-17(22)12-21/h6-7,11,13H,4-5,8-10,12H2,1-3H3,(H,19,23). The quantitative estimate of drug-likeness (QED) is 0.923. The number of imidazole rings is 1. The van der Waals surface area contributed by atoms with E-state index in [1.165, 1.54) is 12.8 Å². The van der Waals surface area contributed by atoms with Crippen molar-refractivity contribution in [3.8, 4) is 0 Å². The lowest BCUT2D eigenvalue weighted by Gasteiger charge is -2.27. The summed E-state index contributed by atoms with van der Waals surface area (Å²) in [6.07, 6.45) is 2.46. The Labute approximate surface area is 137 Å². The second kappa shape index (κ2) is 6.71. The van der Waals surface area contributed by atoms with E-state index in [0.717, 1.165) is 43.0 Å². The zero-order chi connectivity index (χ0) is 16.4. The Bertz CT molecular complexity index is 704. The van der Waals surface area contributed by atoms with Crippen LogP contribution in [-0.4, -0.2) is 39.5 Å². The molecule has 1 aromatic heterocycles. The summed E-state index contributed by atoms with van der Waals surface area (Å²) in [6.45, 7) is 10.3. The zero-order valence-electron chi connectivity index (χ0n) is 14.3. The summed E-state index contributed by atoms with van der Waals surface area (Å²) < 4.78 is 2.29. The first-order valence-electron chi connectivity index (χ1n) is 8.61. The van der Waals surface area contributed by atoms with E-state index in [1.54, 1.807) is 0 Å². The van der Waals surface area contributed by atoms with Crippen molar-refractivity contribution < 1.29 is 4.79 Å². The second-order valence-corrected chi connectivity index (χ2v) is 6.64. The Morgan fingerprint density at radius 1 is 1.35 bits per heavy atom. The minimum Gasteiger partial charge on any atom is -0.350 e. The number of carbonyl (C=O) groups excluding carboxylic acids is 1. The number of carbonyl (C=O) groups is 1. The summed E-state index contributed by atoms with van der Waals surface area (Å²) in [4.78, 5) is 19.4. The number of hydrogen-bond donors (Lipinski definition) is 1. The highest BCUT2D eigenvalue weighted by atomic mass is 16.1. The van der Waals surface area contributed by atoms with Gasteiger partial charge in [-0.25, -0.2) is 4.98 Å². The molecule has 1 amide bonds. The molecule has 0 atom stereocenters. The number of amides is 1. The molecule has 2 aromatic rings. The fourth-order valence-corrected chi connectivity index (χ4v) is 3.13. The van der Waals surface area contributed by atoms with E-state index < -0.39 is 0 Å². The maximum absolute atomic E-state index is 12.2. The third kappa shape index (κ3) is 3.39. The van der Waals surface area contributed by atoms with Crippen molar-refractivity contribution in [2.24, 2.45) is 0 Å². The van der Waals surface area contributed by atoms with Crippen molar-refractivity contribution in [3.63, 3.8) is 0 Å². The summed E-state index contributed by atoms with van der Waals surface area (Å²) in [5.41, 5.74) is 2.74. The van der Waals surface area contributed by atoms with Gasteiger partial charge in [-0.2, -0.15) is 0 Å². The number of nitrogens with one attached hydrogen (secondary N) is 1. The topological polar surface area (TPSA) is 50.2 Å². The molecule has 0 bridgehead atoms. The Balaban J connectivity index is 1.84. The van der Waals surface area contributed by atoms with Gasteiger partial charge >= 0.3 is 0 Å². The lowest BCUT2D eigenvalue weighted by Crippen LogP contribution is -2.34. The predicted octanol–water partition coefficient (Wildman–Crippen LogP) is 2.79. The van der Waals surface area contributed by atoms with Crippen LogP contribution in [-0.2, 0) is 13.1 Å². The van der Waals surface area contributed by atoms with Gasteiger partial charge in [0.05, 0.1) is 17.6 Å². The monoisotopic (exact) mass is 314 g/mol. The molecule has 23 heavy (non-hydrogen) atoms. The molecule has 0 saturated heterocycles. The largest absolute Gasteiger partial charge is 0.350 e. The van der Waals surface area contributed by atoms with Gasteiger partial charge in [-0.3, -0.25) is 9.69 Å². The van der Waals surface area contributed by atoms with Crippen LogP contribution in [0.1, 0.15) is 49.8 Å². The number of fused-ring (bicyclic) bond motifs is 3. The molecule has 5 heteroatoms. The fourth-order valence-electron chi connectivity index (χ4n) is 3.13. The third-order valence-electron chi connectivity index (χ3n) is 4.34. The van der Waals surface area contributed by atoms with Crippen LogP contribution in [0.3, 0.4) is 0 Å². The Hall–Kier alpha value is -1.88. The Morgan fingerprint density at radius 2 is 2.17 bits per heavy atom. The van der Waals surface area contributed by atoms with E-state index in [1.807, 2.05) is 32.0 Å². The summed E-state index contributed by atoms with van der Waals surface area (Å²) in [5, 5.41) is 2.93. The van der Waals surface area contributed by atoms with E-state index in [4.69, 9.17) is 4.98 Å². The molecule has 1 aliphatic heterocycles. The van der Waals surface area contributed by atoms with Gasteiger partial charge in [-0.05, 0) is 45.0 Å². The smallest absolute Gasteiger partial charge is 0.251 e. The van der Waals surface area contributed by atoms with Crippen LogP contribution in [0.15, 0.2) is 18.2 Å². The van der Waals surface area contributed by atoms with Crippen molar-refractivity contribution >= 4 is 16.9 Å². The first kappa shape index (κ1) is 16.0. The summed E-state index contributed by atoms with van der Waals surface area (Å²) in [6, 6.07) is 5.98. The molecule has 1 N–H and O–H groups in total. The highest BCUT2D eigenvalue weighted by molar-refractivity contribution is 5.97. The molecule has 2 heterocycles. The van der Waals surface area contributed by atoms with Gasteiger partial charge in [0, 0.05) is 24.7 Å². The van der Waals surface area contributed by atoms with Crippen molar-refractivity contribution in [2.45, 2.75) is 52.7 Å². The van der Waals surface area contributed by atoms with Gasteiger partial charge in [-0.1, -0.05) is 13.3 Å². The SMILES string of the molecule is CCCCN1CCn2c(nc3cc(C(=O)NC(C)C)ccc32)C1. The molecule has 0 radical (unpaired) electrons. The van der Waals surface area contributed by atoms with Crippen molar-refractivity contribution in [2.75, 3.05) is 13.1 Å². The van der Waals surface area contributed by atoms with Crippen LogP contribution in [0, 0.1) is 0 Å². The van der Waals surface area contributed by atoms with Crippen LogP contribution >= 0.6 is 0 Å². The number of aromatic nitrogens is 2. The summed E-state index contributed by atoms with van der Waals surface area (Å²) >= 11 is 0. The predicted molar refractivity (Wildman–Crippen MR) is 92.5 cm³/mol. The van der Waals surface area contributed by atoms with Crippen LogP contribution in [0.25, 0.3) is 11.0 Å². The van der Waals surface area contributed by atoms with Gasteiger partial charge < -0.3 is 9.88 Å². The number of unbranched alkanes of at least 4 members (excludes halogenated alkanes) is 1. The van der Waals surface area contributed by atoms with Crippen molar-refractivity contribution in [3.05, 3.63) is 29.6 Å². The molecular formula is C18H26N4O. The molecule has 3 rings (SSSR count). The first-order chi connectivity index (χ1) is 11.1. The van der Waals surface area contributed by atoms with Gasteiger partial charge in [0.15, 0.2) is 0 Å². The average molecular weight is 314 g/mol. The highest BCUT2D eigenvalue weighted by Crippen LogP contribution is 2.22. The lowest BCUT2D eigenvalue weighted by atomic mass is 10.1. The Kier molecular flexibility index (Phi) is 4.66. The van der Waals surface area contributed by atoms with Gasteiger partial charge in [0.1, 0.15) is 5.82 Å². The number of hydrogen-bond acceptors (Lipinski definition) is 3. The molecular weight excluding hydrogens is 288 g/mol. The normalized spacial score (nSPS) is 15.1. The van der Waals surface area contributed by atoms with Crippen molar-refractivity contribution in [1.29, 1.82) is 0 Å². The molecule has 1 aliphatic rings. The highest BCUT2D eigenvalue weighted by Gasteiger charge is 2.20. The van der Waals surface area contributed by atoms with Gasteiger partial charge in [0.2, 0.25) is 0 Å². The molecule has 5 nitrogen and oxygen atoms in total. The second-order valence-electron chi connectivity index (χ2n) is 6.64.